The Hall–Kier alpha value is -3.98. The van der Waals surface area contributed by atoms with Crippen molar-refractivity contribution >= 4 is 11.5 Å². The lowest BCUT2D eigenvalue weighted by Gasteiger charge is -2.33. The highest BCUT2D eigenvalue weighted by atomic mass is 16.7. The second-order valence-electron chi connectivity index (χ2n) is 7.23. The summed E-state index contributed by atoms with van der Waals surface area (Å²) in [4.78, 5) is 18.9. The van der Waals surface area contributed by atoms with Gasteiger partial charge in [-0.2, -0.15) is 0 Å². The molecule has 4 rings (SSSR count). The highest BCUT2D eigenvalue weighted by molar-refractivity contribution is 6.45. The van der Waals surface area contributed by atoms with E-state index < -0.39 is 5.60 Å². The first-order valence-corrected chi connectivity index (χ1v) is 10.2. The van der Waals surface area contributed by atoms with Crippen molar-refractivity contribution in [2.75, 3.05) is 0 Å². The average molecular weight is 405 g/mol. The molecular weight excluding hydrogens is 382 g/mol. The van der Waals surface area contributed by atoms with E-state index in [1.807, 2.05) is 121 Å². The maximum absolute atomic E-state index is 12.5. The van der Waals surface area contributed by atoms with E-state index in [1.54, 1.807) is 0 Å². The van der Waals surface area contributed by atoms with Crippen LogP contribution < -0.4 is 0 Å². The second kappa shape index (κ2) is 9.23. The summed E-state index contributed by atoms with van der Waals surface area (Å²) in [6.07, 6.45) is 0. The minimum atomic E-state index is -1.01. The standard InChI is InChI=1S/C28H23NO2/c1-22(30)27(23-14-6-2-7-15-23)29-31-28(24-16-8-3-9-17-24,25-18-10-4-11-19-25)26-20-12-5-13-21-26/h2-21H,1H3/b29-27+. The number of Topliss-reactive ketones (excluding diaryl/α,β-unsaturated/α-hetero) is 1. The normalized spacial score (nSPS) is 11.7. The molecule has 0 heterocycles. The monoisotopic (exact) mass is 405 g/mol. The molecule has 0 saturated carbocycles. The lowest BCUT2D eigenvalue weighted by Crippen LogP contribution is -2.32. The molecule has 4 aromatic carbocycles. The molecule has 0 atom stereocenters. The Bertz CT molecular complexity index is 1060. The SMILES string of the molecule is CC(=O)/C(=N\OC(c1ccccc1)(c1ccccc1)c1ccccc1)c1ccccc1. The summed E-state index contributed by atoms with van der Waals surface area (Å²) >= 11 is 0. The van der Waals surface area contributed by atoms with Gasteiger partial charge in [0, 0.05) is 29.2 Å². The number of hydrogen-bond donors (Lipinski definition) is 0. The van der Waals surface area contributed by atoms with E-state index in [4.69, 9.17) is 4.84 Å². The first-order chi connectivity index (χ1) is 15.2. The third-order valence-electron chi connectivity index (χ3n) is 5.20. The van der Waals surface area contributed by atoms with Crippen LogP contribution in [0.5, 0.6) is 0 Å². The van der Waals surface area contributed by atoms with Gasteiger partial charge in [-0.15, -0.1) is 0 Å². The van der Waals surface area contributed by atoms with Gasteiger partial charge in [0.2, 0.25) is 5.60 Å². The smallest absolute Gasteiger partial charge is 0.212 e. The molecule has 0 unspecified atom stereocenters. The molecule has 3 nitrogen and oxygen atoms in total. The van der Waals surface area contributed by atoms with Gasteiger partial charge in [0.05, 0.1) is 0 Å². The summed E-state index contributed by atoms with van der Waals surface area (Å²) in [6.45, 7) is 1.50. The van der Waals surface area contributed by atoms with Crippen LogP contribution in [-0.2, 0) is 15.2 Å². The summed E-state index contributed by atoms with van der Waals surface area (Å²) in [7, 11) is 0. The van der Waals surface area contributed by atoms with E-state index in [0.29, 0.717) is 0 Å². The molecule has 0 amide bonds. The highest BCUT2D eigenvalue weighted by Crippen LogP contribution is 2.40. The van der Waals surface area contributed by atoms with E-state index in [0.717, 1.165) is 22.3 Å². The molecule has 0 aromatic heterocycles. The molecule has 152 valence electrons. The molecular formula is C28H23NO2. The Morgan fingerprint density at radius 2 is 0.968 bits per heavy atom. The largest absolute Gasteiger partial charge is 0.374 e. The maximum Gasteiger partial charge on any atom is 0.212 e. The highest BCUT2D eigenvalue weighted by Gasteiger charge is 2.39. The third kappa shape index (κ3) is 4.17. The Morgan fingerprint density at radius 1 is 0.613 bits per heavy atom. The van der Waals surface area contributed by atoms with Crippen LogP contribution in [0.1, 0.15) is 29.2 Å². The molecule has 4 aromatic rings. The molecule has 0 spiro atoms. The van der Waals surface area contributed by atoms with E-state index in [9.17, 15) is 4.79 Å². The summed E-state index contributed by atoms with van der Waals surface area (Å²) in [5.41, 5.74) is 2.76. The van der Waals surface area contributed by atoms with Crippen LogP contribution in [0, 0.1) is 0 Å². The van der Waals surface area contributed by atoms with Crippen molar-refractivity contribution in [3.63, 3.8) is 0 Å². The summed E-state index contributed by atoms with van der Waals surface area (Å²) in [5, 5.41) is 4.46. The van der Waals surface area contributed by atoms with Crippen molar-refractivity contribution in [2.24, 2.45) is 5.16 Å². The number of rotatable bonds is 7. The van der Waals surface area contributed by atoms with Crippen LogP contribution in [0.4, 0.5) is 0 Å². The minimum Gasteiger partial charge on any atom is -0.374 e. The van der Waals surface area contributed by atoms with Gasteiger partial charge in [-0.05, 0) is 0 Å². The first-order valence-electron chi connectivity index (χ1n) is 10.2. The number of ketones is 1. The van der Waals surface area contributed by atoms with Crippen molar-refractivity contribution in [1.82, 2.24) is 0 Å². The van der Waals surface area contributed by atoms with Crippen LogP contribution in [0.15, 0.2) is 126 Å². The van der Waals surface area contributed by atoms with Gasteiger partial charge in [0.15, 0.2) is 11.5 Å². The van der Waals surface area contributed by atoms with E-state index in [-0.39, 0.29) is 11.5 Å². The summed E-state index contributed by atoms with van der Waals surface area (Å²) in [6, 6.07) is 39.3. The number of nitrogens with zero attached hydrogens (tertiary/aromatic N) is 1. The number of carbonyl (C=O) groups is 1. The van der Waals surface area contributed by atoms with Gasteiger partial charge in [-0.1, -0.05) is 126 Å². The lowest BCUT2D eigenvalue weighted by atomic mass is 9.80. The molecule has 0 radical (unpaired) electrons. The second-order valence-corrected chi connectivity index (χ2v) is 7.23. The first kappa shape index (κ1) is 20.3. The molecule has 0 N–H and O–H groups in total. The van der Waals surface area contributed by atoms with Crippen molar-refractivity contribution < 1.29 is 9.63 Å². The fourth-order valence-electron chi connectivity index (χ4n) is 3.71. The predicted octanol–water partition coefficient (Wildman–Crippen LogP) is 5.99. The predicted molar refractivity (Wildman–Crippen MR) is 124 cm³/mol. The molecule has 0 aliphatic carbocycles. The van der Waals surface area contributed by atoms with Crippen molar-refractivity contribution in [3.8, 4) is 0 Å². The minimum absolute atomic E-state index is 0.158. The van der Waals surface area contributed by atoms with Gasteiger partial charge < -0.3 is 4.84 Å². The Balaban J connectivity index is 1.95. The van der Waals surface area contributed by atoms with E-state index >= 15 is 0 Å². The number of hydrogen-bond acceptors (Lipinski definition) is 3. The Labute approximate surface area is 182 Å². The summed E-state index contributed by atoms with van der Waals surface area (Å²) < 4.78 is 0. The Morgan fingerprint density at radius 3 is 1.32 bits per heavy atom. The molecule has 31 heavy (non-hydrogen) atoms. The fraction of sp³-hybridized carbons (Fsp3) is 0.0714. The van der Waals surface area contributed by atoms with Crippen molar-refractivity contribution in [2.45, 2.75) is 12.5 Å². The van der Waals surface area contributed by atoms with Gasteiger partial charge in [-0.3, -0.25) is 4.79 Å². The van der Waals surface area contributed by atoms with Crippen LogP contribution >= 0.6 is 0 Å². The zero-order chi connectivity index (χ0) is 21.5. The quantitative estimate of drug-likeness (QED) is 0.215. The van der Waals surface area contributed by atoms with Gasteiger partial charge >= 0.3 is 0 Å². The number of oxime groups is 1. The average Bonchev–Trinajstić information content (AvgIpc) is 2.84. The summed E-state index contributed by atoms with van der Waals surface area (Å²) in [5.74, 6) is -0.158. The molecule has 0 aliphatic rings. The van der Waals surface area contributed by atoms with Crippen molar-refractivity contribution in [1.29, 1.82) is 0 Å². The lowest BCUT2D eigenvalue weighted by molar-refractivity contribution is -0.111. The number of carbonyl (C=O) groups excluding carboxylic acids is 1. The molecule has 0 aliphatic heterocycles. The number of benzene rings is 4. The van der Waals surface area contributed by atoms with Gasteiger partial charge in [-0.25, -0.2) is 0 Å². The van der Waals surface area contributed by atoms with Gasteiger partial charge in [0.1, 0.15) is 0 Å². The molecule has 0 bridgehead atoms. The van der Waals surface area contributed by atoms with E-state index in [2.05, 4.69) is 5.16 Å². The third-order valence-corrected chi connectivity index (χ3v) is 5.20. The molecule has 0 saturated heterocycles. The zero-order valence-corrected chi connectivity index (χ0v) is 17.3. The Kier molecular flexibility index (Phi) is 6.04. The molecule has 3 heteroatoms. The van der Waals surface area contributed by atoms with Crippen LogP contribution in [0.3, 0.4) is 0 Å². The fourth-order valence-corrected chi connectivity index (χ4v) is 3.71. The van der Waals surface area contributed by atoms with E-state index in [1.165, 1.54) is 6.92 Å². The van der Waals surface area contributed by atoms with Crippen LogP contribution in [0.2, 0.25) is 0 Å². The maximum atomic E-state index is 12.5. The van der Waals surface area contributed by atoms with Crippen LogP contribution in [0.25, 0.3) is 0 Å². The van der Waals surface area contributed by atoms with Gasteiger partial charge in [0.25, 0.3) is 0 Å². The topological polar surface area (TPSA) is 38.7 Å². The van der Waals surface area contributed by atoms with Crippen molar-refractivity contribution in [3.05, 3.63) is 144 Å². The zero-order valence-electron chi connectivity index (χ0n) is 17.3. The van der Waals surface area contributed by atoms with Crippen LogP contribution in [-0.4, -0.2) is 11.5 Å². The molecule has 0 fully saturated rings.